The molecule has 2 aromatic carbocycles. The van der Waals surface area contributed by atoms with E-state index in [1.165, 1.54) is 10.7 Å². The van der Waals surface area contributed by atoms with Crippen LogP contribution in [0.3, 0.4) is 0 Å². The molecule has 170 valence electrons. The number of aromatic amines is 1. The number of nitrogens with zero attached hydrogens (tertiary/aromatic N) is 6. The van der Waals surface area contributed by atoms with Crippen molar-refractivity contribution in [2.75, 3.05) is 13.1 Å². The molecule has 9 nitrogen and oxygen atoms in total. The number of hydrogen-bond donors (Lipinski definition) is 1. The number of likely N-dealkylation sites (tertiary alicyclic amines) is 1. The van der Waals surface area contributed by atoms with Crippen molar-refractivity contribution in [3.63, 3.8) is 0 Å². The summed E-state index contributed by atoms with van der Waals surface area (Å²) in [6.45, 7) is 1.09. The van der Waals surface area contributed by atoms with Gasteiger partial charge in [-0.25, -0.2) is 14.1 Å². The fourth-order valence-electron chi connectivity index (χ4n) is 4.23. The first-order chi connectivity index (χ1) is 16.5. The summed E-state index contributed by atoms with van der Waals surface area (Å²) in [5.41, 5.74) is 1.35. The number of piperidine rings is 1. The molecule has 1 aliphatic rings. The topological polar surface area (TPSA) is 121 Å². The van der Waals surface area contributed by atoms with Crippen LogP contribution in [-0.2, 0) is 6.54 Å². The molecule has 2 aromatic heterocycles. The van der Waals surface area contributed by atoms with Crippen LogP contribution in [0, 0.1) is 17.1 Å². The van der Waals surface area contributed by atoms with Gasteiger partial charge in [-0.2, -0.15) is 5.26 Å². The zero-order valence-electron chi connectivity index (χ0n) is 18.1. The van der Waals surface area contributed by atoms with E-state index in [-0.39, 0.29) is 29.7 Å². The average Bonchev–Trinajstić information content (AvgIpc) is 3.28. The van der Waals surface area contributed by atoms with E-state index >= 15 is 0 Å². The minimum absolute atomic E-state index is 0.0524. The number of benzene rings is 2. The molecule has 1 fully saturated rings. The lowest BCUT2D eigenvalue weighted by molar-refractivity contribution is 0.0711. The van der Waals surface area contributed by atoms with Gasteiger partial charge in [0.05, 0.1) is 18.2 Å². The van der Waals surface area contributed by atoms with Gasteiger partial charge in [0.1, 0.15) is 11.6 Å². The van der Waals surface area contributed by atoms with Crippen LogP contribution in [0.25, 0.3) is 11.2 Å². The van der Waals surface area contributed by atoms with E-state index in [1.54, 1.807) is 47.4 Å². The molecule has 5 rings (SSSR count). The third kappa shape index (κ3) is 4.03. The standard InChI is InChI=1S/C24H20FN7O2/c25-19-7-2-1-5-18(19)14-32-22-20(29-30-32)23(33)28-21(27-22)16-8-10-31(11-9-16)24(34)17-6-3-4-15(12-17)13-26/h1-7,12,16H,8-11,14H2,(H,27,28,33). The summed E-state index contributed by atoms with van der Waals surface area (Å²) in [5.74, 6) is -0.0373. The molecule has 4 aromatic rings. The number of nitrogens with one attached hydrogen (secondary N) is 1. The summed E-state index contributed by atoms with van der Waals surface area (Å²) in [5, 5.41) is 17.0. The van der Waals surface area contributed by atoms with Gasteiger partial charge in [-0.05, 0) is 37.1 Å². The Morgan fingerprint density at radius 1 is 1.18 bits per heavy atom. The molecule has 3 heterocycles. The van der Waals surface area contributed by atoms with Crippen LogP contribution in [0.5, 0.6) is 0 Å². The summed E-state index contributed by atoms with van der Waals surface area (Å²) in [6, 6.07) is 15.0. The highest BCUT2D eigenvalue weighted by molar-refractivity contribution is 5.94. The number of halogens is 1. The summed E-state index contributed by atoms with van der Waals surface area (Å²) in [6.07, 6.45) is 1.24. The molecule has 1 aliphatic heterocycles. The Labute approximate surface area is 193 Å². The molecule has 0 aliphatic carbocycles. The number of aromatic nitrogens is 5. The fourth-order valence-corrected chi connectivity index (χ4v) is 4.23. The summed E-state index contributed by atoms with van der Waals surface area (Å²) in [4.78, 5) is 34.6. The van der Waals surface area contributed by atoms with Crippen LogP contribution in [0.1, 0.15) is 46.1 Å². The largest absolute Gasteiger partial charge is 0.339 e. The van der Waals surface area contributed by atoms with Gasteiger partial charge in [-0.15, -0.1) is 5.10 Å². The summed E-state index contributed by atoms with van der Waals surface area (Å²) >= 11 is 0. The van der Waals surface area contributed by atoms with E-state index < -0.39 is 5.56 Å². The predicted molar refractivity (Wildman–Crippen MR) is 120 cm³/mol. The molecule has 0 bridgehead atoms. The first-order valence-electron chi connectivity index (χ1n) is 10.9. The average molecular weight is 457 g/mol. The SMILES string of the molecule is N#Cc1cccc(C(=O)N2CCC(c3nc4c(nnn4Cc4ccccc4F)c(=O)[nH]3)CC2)c1. The lowest BCUT2D eigenvalue weighted by atomic mass is 9.95. The molecule has 10 heteroatoms. The van der Waals surface area contributed by atoms with E-state index in [0.29, 0.717) is 54.1 Å². The van der Waals surface area contributed by atoms with Crippen molar-refractivity contribution in [3.8, 4) is 6.07 Å². The number of nitriles is 1. The van der Waals surface area contributed by atoms with Gasteiger partial charge in [0.25, 0.3) is 11.5 Å². The second-order valence-corrected chi connectivity index (χ2v) is 8.22. The summed E-state index contributed by atoms with van der Waals surface area (Å²) in [7, 11) is 0. The van der Waals surface area contributed by atoms with Crippen LogP contribution in [0.2, 0.25) is 0 Å². The number of H-pyrrole nitrogens is 1. The third-order valence-electron chi connectivity index (χ3n) is 6.08. The lowest BCUT2D eigenvalue weighted by Crippen LogP contribution is -2.38. The Morgan fingerprint density at radius 2 is 1.97 bits per heavy atom. The van der Waals surface area contributed by atoms with Gasteiger partial charge in [-0.3, -0.25) is 9.59 Å². The highest BCUT2D eigenvalue weighted by Gasteiger charge is 2.27. The van der Waals surface area contributed by atoms with Crippen molar-refractivity contribution in [2.24, 2.45) is 0 Å². The Bertz CT molecular complexity index is 1480. The van der Waals surface area contributed by atoms with Crippen LogP contribution in [-0.4, -0.2) is 48.9 Å². The number of carbonyl (C=O) groups is 1. The van der Waals surface area contributed by atoms with Crippen molar-refractivity contribution in [3.05, 3.63) is 87.2 Å². The van der Waals surface area contributed by atoms with Crippen molar-refractivity contribution in [2.45, 2.75) is 25.3 Å². The van der Waals surface area contributed by atoms with E-state index in [2.05, 4.69) is 20.3 Å². The maximum absolute atomic E-state index is 14.1. The first-order valence-corrected chi connectivity index (χ1v) is 10.9. The van der Waals surface area contributed by atoms with Gasteiger partial charge in [0, 0.05) is 30.1 Å². The molecule has 1 amide bonds. The lowest BCUT2D eigenvalue weighted by Gasteiger charge is -2.31. The Balaban J connectivity index is 1.35. The monoisotopic (exact) mass is 457 g/mol. The zero-order valence-corrected chi connectivity index (χ0v) is 18.1. The van der Waals surface area contributed by atoms with Crippen molar-refractivity contribution in [1.82, 2.24) is 29.9 Å². The molecule has 0 atom stereocenters. The van der Waals surface area contributed by atoms with E-state index in [1.807, 2.05) is 6.07 Å². The second kappa shape index (κ2) is 8.86. The molecule has 0 radical (unpaired) electrons. The highest BCUT2D eigenvalue weighted by Crippen LogP contribution is 2.27. The maximum Gasteiger partial charge on any atom is 0.281 e. The predicted octanol–water partition coefficient (Wildman–Crippen LogP) is 2.59. The minimum Gasteiger partial charge on any atom is -0.339 e. The molecule has 0 unspecified atom stereocenters. The number of amides is 1. The Kier molecular flexibility index (Phi) is 5.59. The van der Waals surface area contributed by atoms with Gasteiger partial charge in [0.15, 0.2) is 11.2 Å². The van der Waals surface area contributed by atoms with Crippen molar-refractivity contribution >= 4 is 17.1 Å². The van der Waals surface area contributed by atoms with E-state index in [0.717, 1.165) is 0 Å². The molecule has 34 heavy (non-hydrogen) atoms. The minimum atomic E-state index is -0.397. The molecule has 0 saturated carbocycles. The number of rotatable bonds is 4. The number of carbonyl (C=O) groups excluding carboxylic acids is 1. The van der Waals surface area contributed by atoms with Crippen LogP contribution in [0.15, 0.2) is 53.3 Å². The second-order valence-electron chi connectivity index (χ2n) is 8.22. The number of fused-ring (bicyclic) bond motifs is 1. The quantitative estimate of drug-likeness (QED) is 0.503. The van der Waals surface area contributed by atoms with E-state index in [9.17, 15) is 14.0 Å². The third-order valence-corrected chi connectivity index (χ3v) is 6.08. The smallest absolute Gasteiger partial charge is 0.281 e. The Morgan fingerprint density at radius 3 is 2.74 bits per heavy atom. The van der Waals surface area contributed by atoms with Gasteiger partial charge < -0.3 is 9.88 Å². The highest BCUT2D eigenvalue weighted by atomic mass is 19.1. The van der Waals surface area contributed by atoms with Crippen molar-refractivity contribution in [1.29, 1.82) is 5.26 Å². The number of hydrogen-bond acceptors (Lipinski definition) is 6. The van der Waals surface area contributed by atoms with Gasteiger partial charge in [-0.1, -0.05) is 29.5 Å². The van der Waals surface area contributed by atoms with Crippen LogP contribution in [0.4, 0.5) is 4.39 Å². The molecule has 1 saturated heterocycles. The van der Waals surface area contributed by atoms with E-state index in [4.69, 9.17) is 5.26 Å². The molecule has 0 spiro atoms. The van der Waals surface area contributed by atoms with Crippen molar-refractivity contribution < 1.29 is 9.18 Å². The fraction of sp³-hybridized carbons (Fsp3) is 0.250. The zero-order chi connectivity index (χ0) is 23.7. The molecular weight excluding hydrogens is 437 g/mol. The first kappa shape index (κ1) is 21.5. The molecular formula is C24H20FN7O2. The van der Waals surface area contributed by atoms with Gasteiger partial charge >= 0.3 is 0 Å². The normalized spacial score (nSPS) is 14.3. The summed E-state index contributed by atoms with van der Waals surface area (Å²) < 4.78 is 15.5. The maximum atomic E-state index is 14.1. The molecule has 1 N–H and O–H groups in total. The Hall–Kier alpha value is -4.39. The van der Waals surface area contributed by atoms with Crippen LogP contribution < -0.4 is 5.56 Å². The van der Waals surface area contributed by atoms with Gasteiger partial charge in [0.2, 0.25) is 0 Å². The van der Waals surface area contributed by atoms with Crippen LogP contribution >= 0.6 is 0 Å².